The first-order valence-corrected chi connectivity index (χ1v) is 4.27. The van der Waals surface area contributed by atoms with E-state index in [0.717, 1.165) is 7.11 Å². The fourth-order valence-corrected chi connectivity index (χ4v) is 1.20. The van der Waals surface area contributed by atoms with Crippen LogP contribution in [0.5, 0.6) is 5.88 Å². The molecule has 0 aliphatic carbocycles. The number of hydrogen-bond acceptors (Lipinski definition) is 4. The van der Waals surface area contributed by atoms with Crippen LogP contribution < -0.4 is 4.74 Å². The van der Waals surface area contributed by atoms with Crippen LogP contribution in [0, 0.1) is 10.1 Å². The number of nitro groups is 1. The van der Waals surface area contributed by atoms with Crippen molar-refractivity contribution in [2.45, 2.75) is 12.6 Å². The van der Waals surface area contributed by atoms with Crippen molar-refractivity contribution in [3.8, 4) is 5.88 Å². The second-order valence-electron chi connectivity index (χ2n) is 3.01. The molecule has 0 saturated heterocycles. The third kappa shape index (κ3) is 2.63. The predicted molar refractivity (Wildman–Crippen MR) is 47.4 cm³/mol. The molecular formula is C8H5F5N2O3. The molecule has 5 nitrogen and oxygen atoms in total. The summed E-state index contributed by atoms with van der Waals surface area (Å²) in [5.41, 5.74) is -4.48. The van der Waals surface area contributed by atoms with Gasteiger partial charge in [0.2, 0.25) is 5.88 Å². The van der Waals surface area contributed by atoms with Gasteiger partial charge in [-0.1, -0.05) is 0 Å². The van der Waals surface area contributed by atoms with Gasteiger partial charge in [-0.2, -0.15) is 13.2 Å². The summed E-state index contributed by atoms with van der Waals surface area (Å²) in [4.78, 5) is 12.0. The Hall–Kier alpha value is -2.00. The number of nitrogens with zero attached hydrogens (tertiary/aromatic N) is 2. The van der Waals surface area contributed by atoms with Crippen LogP contribution in [0.3, 0.4) is 0 Å². The lowest BCUT2D eigenvalue weighted by molar-refractivity contribution is -0.388. The lowest BCUT2D eigenvalue weighted by Crippen LogP contribution is -2.13. The minimum atomic E-state index is -5.14. The van der Waals surface area contributed by atoms with E-state index in [1.807, 2.05) is 0 Å². The molecule has 1 heterocycles. The van der Waals surface area contributed by atoms with Gasteiger partial charge in [-0.05, 0) is 0 Å². The van der Waals surface area contributed by atoms with Gasteiger partial charge in [-0.25, -0.2) is 13.8 Å². The normalized spacial score (nSPS) is 11.7. The van der Waals surface area contributed by atoms with Crippen molar-refractivity contribution in [2.24, 2.45) is 0 Å². The molecule has 18 heavy (non-hydrogen) atoms. The van der Waals surface area contributed by atoms with E-state index in [1.54, 1.807) is 0 Å². The Balaban J connectivity index is 3.62. The number of alkyl halides is 5. The molecule has 0 aliphatic heterocycles. The second-order valence-corrected chi connectivity index (χ2v) is 3.01. The average Bonchev–Trinajstić information content (AvgIpc) is 2.25. The van der Waals surface area contributed by atoms with Gasteiger partial charge in [-0.15, -0.1) is 0 Å². The molecule has 0 N–H and O–H groups in total. The maximum Gasteiger partial charge on any atom is 0.428 e. The summed E-state index contributed by atoms with van der Waals surface area (Å²) >= 11 is 0. The smallest absolute Gasteiger partial charge is 0.428 e. The van der Waals surface area contributed by atoms with Crippen LogP contribution >= 0.6 is 0 Å². The Labute approximate surface area is 96.3 Å². The van der Waals surface area contributed by atoms with Gasteiger partial charge in [0.25, 0.3) is 12.1 Å². The maximum atomic E-state index is 12.6. The lowest BCUT2D eigenvalue weighted by atomic mass is 10.2. The van der Waals surface area contributed by atoms with Crippen molar-refractivity contribution >= 4 is 5.69 Å². The van der Waals surface area contributed by atoms with Crippen LogP contribution in [-0.4, -0.2) is 17.0 Å². The third-order valence-corrected chi connectivity index (χ3v) is 1.88. The summed E-state index contributed by atoms with van der Waals surface area (Å²) in [6.45, 7) is 0. The molecule has 100 valence electrons. The highest BCUT2D eigenvalue weighted by Crippen LogP contribution is 2.42. The highest BCUT2D eigenvalue weighted by Gasteiger charge is 2.44. The van der Waals surface area contributed by atoms with Gasteiger partial charge in [0.15, 0.2) is 5.56 Å². The summed E-state index contributed by atoms with van der Waals surface area (Å²) in [6.07, 6.45) is -8.39. The fraction of sp³-hybridized carbons (Fsp3) is 0.375. The average molecular weight is 272 g/mol. The fourth-order valence-electron chi connectivity index (χ4n) is 1.20. The maximum absolute atomic E-state index is 12.6. The molecule has 1 aromatic heterocycles. The van der Waals surface area contributed by atoms with Crippen molar-refractivity contribution < 1.29 is 31.6 Å². The first kappa shape index (κ1) is 14.1. The summed E-state index contributed by atoms with van der Waals surface area (Å²) in [7, 11) is 0.747. The number of pyridine rings is 1. The number of methoxy groups -OCH3 is 1. The monoisotopic (exact) mass is 272 g/mol. The zero-order chi connectivity index (χ0) is 14.1. The molecule has 0 aliphatic rings. The van der Waals surface area contributed by atoms with Gasteiger partial charge >= 0.3 is 6.18 Å². The molecule has 0 unspecified atom stereocenters. The van der Waals surface area contributed by atoms with Gasteiger partial charge in [-0.3, -0.25) is 10.1 Å². The van der Waals surface area contributed by atoms with Gasteiger partial charge in [0.05, 0.1) is 12.0 Å². The number of hydrogen-bond donors (Lipinski definition) is 0. The minimum absolute atomic E-state index is 0.0794. The first-order chi connectivity index (χ1) is 8.18. The molecule has 10 heteroatoms. The van der Waals surface area contributed by atoms with E-state index in [1.165, 1.54) is 0 Å². The van der Waals surface area contributed by atoms with Crippen LogP contribution in [-0.2, 0) is 6.18 Å². The summed E-state index contributed by atoms with van der Waals surface area (Å²) in [5.74, 6) is -1.26. The topological polar surface area (TPSA) is 65.3 Å². The molecule has 0 aromatic carbocycles. The summed E-state index contributed by atoms with van der Waals surface area (Å²) < 4.78 is 66.6. The molecule has 0 bridgehead atoms. The van der Waals surface area contributed by atoms with Crippen molar-refractivity contribution in [1.82, 2.24) is 4.98 Å². The summed E-state index contributed by atoms with van der Waals surface area (Å²) in [6, 6.07) is 0.0794. The molecule has 0 fully saturated rings. The molecule has 0 saturated carbocycles. The number of rotatable bonds is 3. The van der Waals surface area contributed by atoms with Crippen molar-refractivity contribution in [1.29, 1.82) is 0 Å². The predicted octanol–water partition coefficient (Wildman–Crippen LogP) is 2.95. The second kappa shape index (κ2) is 4.70. The van der Waals surface area contributed by atoms with E-state index in [-0.39, 0.29) is 6.07 Å². The van der Waals surface area contributed by atoms with Crippen LogP contribution in [0.15, 0.2) is 6.07 Å². The summed E-state index contributed by atoms with van der Waals surface area (Å²) in [5, 5.41) is 10.5. The number of aromatic nitrogens is 1. The Morgan fingerprint density at radius 3 is 2.33 bits per heavy atom. The van der Waals surface area contributed by atoms with E-state index >= 15 is 0 Å². The minimum Gasteiger partial charge on any atom is -0.480 e. The van der Waals surface area contributed by atoms with Crippen LogP contribution in [0.4, 0.5) is 27.6 Å². The Bertz CT molecular complexity index is 475. The quantitative estimate of drug-likeness (QED) is 0.482. The Morgan fingerprint density at radius 1 is 1.44 bits per heavy atom. The molecule has 1 rings (SSSR count). The molecule has 1 aromatic rings. The van der Waals surface area contributed by atoms with E-state index in [4.69, 9.17) is 0 Å². The highest BCUT2D eigenvalue weighted by atomic mass is 19.4. The van der Waals surface area contributed by atoms with Gasteiger partial charge in [0.1, 0.15) is 5.69 Å². The number of halogens is 5. The van der Waals surface area contributed by atoms with E-state index in [2.05, 4.69) is 9.72 Å². The molecule has 0 atom stereocenters. The van der Waals surface area contributed by atoms with Crippen molar-refractivity contribution in [3.63, 3.8) is 0 Å². The van der Waals surface area contributed by atoms with E-state index in [9.17, 15) is 32.1 Å². The number of ether oxygens (including phenoxy) is 1. The first-order valence-electron chi connectivity index (χ1n) is 4.27. The Kier molecular flexibility index (Phi) is 3.67. The zero-order valence-electron chi connectivity index (χ0n) is 8.66. The largest absolute Gasteiger partial charge is 0.480 e. The van der Waals surface area contributed by atoms with Crippen molar-refractivity contribution in [3.05, 3.63) is 27.4 Å². The third-order valence-electron chi connectivity index (χ3n) is 1.88. The SMILES string of the molecule is COc1nc(C(F)F)cc([N+](=O)[O-])c1C(F)(F)F. The van der Waals surface area contributed by atoms with Crippen molar-refractivity contribution in [2.75, 3.05) is 7.11 Å². The standard InChI is InChI=1S/C8H5F5N2O3/c1-18-7-5(8(11,12)13)4(15(16)17)2-3(14-7)6(9)10/h2,6H,1H3. The molecule has 0 radical (unpaired) electrons. The lowest BCUT2D eigenvalue weighted by Gasteiger charge is -2.12. The molecule has 0 amide bonds. The van der Waals surface area contributed by atoms with E-state index < -0.39 is 40.3 Å². The van der Waals surface area contributed by atoms with E-state index in [0.29, 0.717) is 0 Å². The van der Waals surface area contributed by atoms with Crippen LogP contribution in [0.1, 0.15) is 17.7 Å². The highest BCUT2D eigenvalue weighted by molar-refractivity contribution is 5.49. The Morgan fingerprint density at radius 2 is 2.00 bits per heavy atom. The zero-order valence-corrected chi connectivity index (χ0v) is 8.66. The van der Waals surface area contributed by atoms with Crippen LogP contribution in [0.2, 0.25) is 0 Å². The van der Waals surface area contributed by atoms with Gasteiger partial charge < -0.3 is 4.74 Å². The molecular weight excluding hydrogens is 267 g/mol. The van der Waals surface area contributed by atoms with Gasteiger partial charge in [0, 0.05) is 6.07 Å². The van der Waals surface area contributed by atoms with Crippen LogP contribution in [0.25, 0.3) is 0 Å². The molecule has 0 spiro atoms.